The van der Waals surface area contributed by atoms with E-state index in [-0.39, 0.29) is 17.6 Å². The summed E-state index contributed by atoms with van der Waals surface area (Å²) < 4.78 is 4.81. The van der Waals surface area contributed by atoms with Gasteiger partial charge >= 0.3 is 5.97 Å². The van der Waals surface area contributed by atoms with Crippen LogP contribution >= 0.6 is 0 Å². The minimum atomic E-state index is -0.908. The topological polar surface area (TPSA) is 72.8 Å². The molecule has 0 bridgehead atoms. The molecule has 1 aliphatic carbocycles. The molecule has 0 aliphatic heterocycles. The fraction of sp³-hybridized carbons (Fsp3) is 0.778. The number of esters is 1. The summed E-state index contributed by atoms with van der Waals surface area (Å²) in [7, 11) is 1.28. The van der Waals surface area contributed by atoms with Gasteiger partial charge in [0.05, 0.1) is 7.11 Å². The fourth-order valence-corrected chi connectivity index (χ4v) is 3.17. The van der Waals surface area contributed by atoms with Crippen LogP contribution in [0, 0.1) is 17.3 Å². The molecule has 0 aromatic rings. The molecule has 5 heteroatoms. The molecule has 1 rings (SSSR count). The zero-order valence-electron chi connectivity index (χ0n) is 15.1. The molecule has 0 aromatic carbocycles. The van der Waals surface area contributed by atoms with Crippen molar-refractivity contribution in [3.8, 4) is 0 Å². The molecular weight excluding hydrogens is 294 g/mol. The molecule has 0 spiro atoms. The molecule has 23 heavy (non-hydrogen) atoms. The predicted molar refractivity (Wildman–Crippen MR) is 89.5 cm³/mol. The second-order valence-corrected chi connectivity index (χ2v) is 7.05. The Morgan fingerprint density at radius 1 is 1.35 bits per heavy atom. The quantitative estimate of drug-likeness (QED) is 0.556. The summed E-state index contributed by atoms with van der Waals surface area (Å²) >= 11 is 0. The van der Waals surface area contributed by atoms with E-state index in [1.54, 1.807) is 0 Å². The van der Waals surface area contributed by atoms with E-state index in [1.165, 1.54) is 7.11 Å². The molecule has 0 saturated heterocycles. The van der Waals surface area contributed by atoms with E-state index in [4.69, 9.17) is 4.74 Å². The first-order valence-electron chi connectivity index (χ1n) is 8.40. The van der Waals surface area contributed by atoms with Gasteiger partial charge in [0.15, 0.2) is 5.78 Å². The fourth-order valence-electron chi connectivity index (χ4n) is 3.17. The van der Waals surface area contributed by atoms with Crippen LogP contribution in [0.4, 0.5) is 0 Å². The third-order valence-electron chi connectivity index (χ3n) is 4.55. The Morgan fingerprint density at radius 3 is 2.43 bits per heavy atom. The van der Waals surface area contributed by atoms with E-state index in [0.717, 1.165) is 6.42 Å². The van der Waals surface area contributed by atoms with Crippen LogP contribution in [0.1, 0.15) is 60.3 Å². The minimum absolute atomic E-state index is 0.0557. The lowest BCUT2D eigenvalue weighted by atomic mass is 9.62. The number of hydrogen-bond donors (Lipinski definition) is 0. The zero-order valence-corrected chi connectivity index (χ0v) is 15.1. The van der Waals surface area contributed by atoms with Crippen molar-refractivity contribution < 1.29 is 19.1 Å². The minimum Gasteiger partial charge on any atom is -0.468 e. The van der Waals surface area contributed by atoms with Crippen molar-refractivity contribution in [3.05, 3.63) is 0 Å². The van der Waals surface area contributed by atoms with E-state index in [9.17, 15) is 14.4 Å². The van der Waals surface area contributed by atoms with Crippen LogP contribution in [0.15, 0.2) is 4.99 Å². The standard InChI is InChI=1S/C18H29NO4/c1-7-9-13(20)14-12(19-11(3)8-2)10-18(4,5)15(16(14)21)17(22)23-6/h11,14-15H,7-10H2,1-6H3/t11-,14+,15+/m0/s1. The lowest BCUT2D eigenvalue weighted by Gasteiger charge is -2.39. The molecule has 0 heterocycles. The average Bonchev–Trinajstić information content (AvgIpc) is 2.45. The van der Waals surface area contributed by atoms with Crippen LogP contribution in [0.25, 0.3) is 0 Å². The van der Waals surface area contributed by atoms with Gasteiger partial charge in [0.2, 0.25) is 0 Å². The highest BCUT2D eigenvalue weighted by molar-refractivity contribution is 6.26. The Balaban J connectivity index is 3.32. The number of carbonyl (C=O) groups is 3. The summed E-state index contributed by atoms with van der Waals surface area (Å²) in [6.07, 6.45) is 2.30. The molecule has 3 atom stereocenters. The summed E-state index contributed by atoms with van der Waals surface area (Å²) in [6.45, 7) is 9.61. The van der Waals surface area contributed by atoms with Crippen LogP contribution in [-0.4, -0.2) is 36.4 Å². The van der Waals surface area contributed by atoms with Gasteiger partial charge in [0.1, 0.15) is 17.6 Å². The van der Waals surface area contributed by atoms with Crippen molar-refractivity contribution in [1.82, 2.24) is 0 Å². The Labute approximate surface area is 138 Å². The van der Waals surface area contributed by atoms with Crippen molar-refractivity contribution >= 4 is 23.2 Å². The molecule has 1 aliphatic rings. The molecule has 130 valence electrons. The molecule has 0 aromatic heterocycles. The maximum atomic E-state index is 12.9. The number of aliphatic imine (C=N–C) groups is 1. The van der Waals surface area contributed by atoms with Gasteiger partial charge in [-0.15, -0.1) is 0 Å². The summed E-state index contributed by atoms with van der Waals surface area (Å²) in [5, 5.41) is 0. The monoisotopic (exact) mass is 323 g/mol. The number of Topliss-reactive ketones (excluding diaryl/α,β-unsaturated/α-hetero) is 2. The Hall–Kier alpha value is -1.52. The normalized spacial score (nSPS) is 26.9. The summed E-state index contributed by atoms with van der Waals surface area (Å²) in [4.78, 5) is 42.2. The maximum Gasteiger partial charge on any atom is 0.316 e. The Bertz CT molecular complexity index is 507. The van der Waals surface area contributed by atoms with Crippen LogP contribution in [0.5, 0.6) is 0 Å². The molecule has 0 amide bonds. The van der Waals surface area contributed by atoms with E-state index in [1.807, 2.05) is 34.6 Å². The highest BCUT2D eigenvalue weighted by Crippen LogP contribution is 2.41. The van der Waals surface area contributed by atoms with Crippen LogP contribution in [0.2, 0.25) is 0 Å². The third-order valence-corrected chi connectivity index (χ3v) is 4.55. The first-order chi connectivity index (χ1) is 10.7. The van der Waals surface area contributed by atoms with E-state index in [2.05, 4.69) is 4.99 Å². The van der Waals surface area contributed by atoms with Gasteiger partial charge in [-0.2, -0.15) is 0 Å². The molecule has 1 saturated carbocycles. The van der Waals surface area contributed by atoms with E-state index < -0.39 is 23.2 Å². The number of hydrogen-bond acceptors (Lipinski definition) is 5. The van der Waals surface area contributed by atoms with E-state index >= 15 is 0 Å². The van der Waals surface area contributed by atoms with Crippen LogP contribution in [0.3, 0.4) is 0 Å². The smallest absolute Gasteiger partial charge is 0.316 e. The molecule has 5 nitrogen and oxygen atoms in total. The highest BCUT2D eigenvalue weighted by Gasteiger charge is 2.52. The van der Waals surface area contributed by atoms with Gasteiger partial charge in [-0.3, -0.25) is 19.4 Å². The average molecular weight is 323 g/mol. The largest absolute Gasteiger partial charge is 0.468 e. The van der Waals surface area contributed by atoms with Gasteiger partial charge in [0, 0.05) is 18.2 Å². The Morgan fingerprint density at radius 2 is 1.96 bits per heavy atom. The maximum absolute atomic E-state index is 12.9. The molecule has 1 fully saturated rings. The van der Waals surface area contributed by atoms with Gasteiger partial charge in [0.25, 0.3) is 0 Å². The van der Waals surface area contributed by atoms with E-state index in [0.29, 0.717) is 25.0 Å². The second kappa shape index (κ2) is 7.84. The number of nitrogens with zero attached hydrogens (tertiary/aromatic N) is 1. The predicted octanol–water partition coefficient (Wildman–Crippen LogP) is 3.00. The molecule has 0 N–H and O–H groups in total. The number of ketones is 2. The van der Waals surface area contributed by atoms with Crippen molar-refractivity contribution in [3.63, 3.8) is 0 Å². The van der Waals surface area contributed by atoms with Gasteiger partial charge in [-0.1, -0.05) is 27.7 Å². The summed E-state index contributed by atoms with van der Waals surface area (Å²) in [6, 6.07) is 0.0557. The number of rotatable bonds is 6. The SMILES string of the molecule is CCCC(=O)[C@@H]1C(=O)[C@H](C(=O)OC)C(C)(C)CC1=N[C@@H](C)CC. The van der Waals surface area contributed by atoms with Gasteiger partial charge in [-0.05, 0) is 31.6 Å². The first kappa shape index (κ1) is 19.5. The van der Waals surface area contributed by atoms with Crippen molar-refractivity contribution in [2.45, 2.75) is 66.3 Å². The van der Waals surface area contributed by atoms with Crippen LogP contribution in [-0.2, 0) is 19.1 Å². The van der Waals surface area contributed by atoms with Crippen molar-refractivity contribution in [2.75, 3.05) is 7.11 Å². The van der Waals surface area contributed by atoms with Crippen molar-refractivity contribution in [2.24, 2.45) is 22.2 Å². The third kappa shape index (κ3) is 4.27. The number of ether oxygens (including phenoxy) is 1. The van der Waals surface area contributed by atoms with Gasteiger partial charge in [-0.25, -0.2) is 0 Å². The second-order valence-electron chi connectivity index (χ2n) is 7.05. The number of methoxy groups -OCH3 is 1. The molecular formula is C18H29NO4. The first-order valence-corrected chi connectivity index (χ1v) is 8.40. The highest BCUT2D eigenvalue weighted by atomic mass is 16.5. The zero-order chi connectivity index (χ0) is 17.8. The lowest BCUT2D eigenvalue weighted by Crippen LogP contribution is -2.52. The molecule has 0 radical (unpaired) electrons. The summed E-state index contributed by atoms with van der Waals surface area (Å²) in [5.41, 5.74) is 0.0346. The van der Waals surface area contributed by atoms with Crippen molar-refractivity contribution in [1.29, 1.82) is 0 Å². The Kier molecular flexibility index (Phi) is 6.66. The lowest BCUT2D eigenvalue weighted by molar-refractivity contribution is -0.156. The molecule has 0 unspecified atom stereocenters. The van der Waals surface area contributed by atoms with Crippen LogP contribution < -0.4 is 0 Å². The number of carbonyl (C=O) groups excluding carboxylic acids is 3. The van der Waals surface area contributed by atoms with Gasteiger partial charge < -0.3 is 4.74 Å². The summed E-state index contributed by atoms with van der Waals surface area (Å²) in [5.74, 6) is -2.84.